The molecule has 2 aromatic carbocycles. The van der Waals surface area contributed by atoms with Gasteiger partial charge in [-0.05, 0) is 18.2 Å². The van der Waals surface area contributed by atoms with Gasteiger partial charge in [-0.25, -0.2) is 4.39 Å². The number of hydrogen-bond acceptors (Lipinski definition) is 3. The zero-order valence-corrected chi connectivity index (χ0v) is 11.8. The summed E-state index contributed by atoms with van der Waals surface area (Å²) in [5.74, 6) is 0.808. The summed E-state index contributed by atoms with van der Waals surface area (Å²) in [6, 6.07) is 9.70. The normalized spacial score (nSPS) is 10.4. The molecule has 0 saturated heterocycles. The zero-order chi connectivity index (χ0) is 14.5. The molecule has 0 bridgehead atoms. The van der Waals surface area contributed by atoms with Gasteiger partial charge in [-0.15, -0.1) is 0 Å². The first-order valence-corrected chi connectivity index (χ1v) is 6.46. The third-order valence-electron chi connectivity index (χ3n) is 2.89. The molecule has 0 spiro atoms. The van der Waals surface area contributed by atoms with Crippen molar-refractivity contribution in [1.29, 1.82) is 0 Å². The number of rotatable bonds is 5. The summed E-state index contributed by atoms with van der Waals surface area (Å²) in [7, 11) is 1.56. The molecule has 0 heterocycles. The van der Waals surface area contributed by atoms with Crippen molar-refractivity contribution in [2.24, 2.45) is 5.73 Å². The van der Waals surface area contributed by atoms with Gasteiger partial charge >= 0.3 is 0 Å². The quantitative estimate of drug-likeness (QED) is 0.918. The van der Waals surface area contributed by atoms with Crippen molar-refractivity contribution in [3.63, 3.8) is 0 Å². The molecule has 0 atom stereocenters. The Balaban J connectivity index is 2.22. The molecule has 2 N–H and O–H groups in total. The minimum Gasteiger partial charge on any atom is -0.493 e. The van der Waals surface area contributed by atoms with Crippen molar-refractivity contribution in [2.45, 2.75) is 13.2 Å². The van der Waals surface area contributed by atoms with Crippen LogP contribution in [-0.2, 0) is 13.2 Å². The minimum absolute atomic E-state index is 0.215. The van der Waals surface area contributed by atoms with Crippen LogP contribution in [0.3, 0.4) is 0 Å². The molecule has 0 unspecified atom stereocenters. The number of methoxy groups -OCH3 is 1. The van der Waals surface area contributed by atoms with E-state index in [1.807, 2.05) is 12.1 Å². The average molecular weight is 296 g/mol. The molecule has 0 fully saturated rings. The molecule has 2 rings (SSSR count). The van der Waals surface area contributed by atoms with Crippen LogP contribution in [0, 0.1) is 5.82 Å². The molecule has 0 radical (unpaired) electrons. The van der Waals surface area contributed by atoms with E-state index in [9.17, 15) is 4.39 Å². The van der Waals surface area contributed by atoms with Gasteiger partial charge in [0.25, 0.3) is 0 Å². The van der Waals surface area contributed by atoms with Gasteiger partial charge in [-0.3, -0.25) is 0 Å². The average Bonchev–Trinajstić information content (AvgIpc) is 2.46. The lowest BCUT2D eigenvalue weighted by Crippen LogP contribution is -2.04. The molecule has 20 heavy (non-hydrogen) atoms. The minimum atomic E-state index is -0.376. The van der Waals surface area contributed by atoms with E-state index in [4.69, 9.17) is 26.8 Å². The van der Waals surface area contributed by atoms with E-state index in [1.165, 1.54) is 12.1 Å². The number of nitrogens with two attached hydrogens (primary N) is 1. The first-order valence-electron chi connectivity index (χ1n) is 6.08. The van der Waals surface area contributed by atoms with E-state index in [0.717, 1.165) is 5.56 Å². The van der Waals surface area contributed by atoms with E-state index in [0.29, 0.717) is 28.6 Å². The molecular formula is C15H15ClFNO2. The molecule has 0 aliphatic carbocycles. The number of para-hydroxylation sites is 1. The van der Waals surface area contributed by atoms with Crippen LogP contribution in [0.1, 0.15) is 11.1 Å². The summed E-state index contributed by atoms with van der Waals surface area (Å²) in [4.78, 5) is 0. The van der Waals surface area contributed by atoms with Crippen LogP contribution in [0.4, 0.5) is 4.39 Å². The fourth-order valence-corrected chi connectivity index (χ4v) is 2.06. The lowest BCUT2D eigenvalue weighted by atomic mass is 10.2. The molecule has 2 aromatic rings. The second-order valence-corrected chi connectivity index (χ2v) is 4.58. The third kappa shape index (κ3) is 3.21. The predicted octanol–water partition coefficient (Wildman–Crippen LogP) is 3.53. The van der Waals surface area contributed by atoms with E-state index in [1.54, 1.807) is 19.2 Å². The summed E-state index contributed by atoms with van der Waals surface area (Å²) in [6.45, 7) is 0.552. The van der Waals surface area contributed by atoms with Crippen LogP contribution < -0.4 is 15.2 Å². The lowest BCUT2D eigenvalue weighted by Gasteiger charge is -2.14. The fourth-order valence-electron chi connectivity index (χ4n) is 1.84. The molecular weight excluding hydrogens is 281 g/mol. The topological polar surface area (TPSA) is 44.5 Å². The van der Waals surface area contributed by atoms with Gasteiger partial charge in [-0.2, -0.15) is 0 Å². The van der Waals surface area contributed by atoms with E-state index in [2.05, 4.69) is 0 Å². The van der Waals surface area contributed by atoms with Crippen molar-refractivity contribution >= 4 is 11.6 Å². The van der Waals surface area contributed by atoms with Crippen molar-refractivity contribution in [2.75, 3.05) is 7.11 Å². The Morgan fingerprint density at radius 1 is 1.20 bits per heavy atom. The van der Waals surface area contributed by atoms with E-state index >= 15 is 0 Å². The Bertz CT molecular complexity index is 582. The zero-order valence-electron chi connectivity index (χ0n) is 11.0. The van der Waals surface area contributed by atoms with Gasteiger partial charge in [0.2, 0.25) is 0 Å². The van der Waals surface area contributed by atoms with Gasteiger partial charge in [0, 0.05) is 17.7 Å². The number of hydrogen-bond donors (Lipinski definition) is 1. The smallest absolute Gasteiger partial charge is 0.166 e. The summed E-state index contributed by atoms with van der Waals surface area (Å²) in [6.07, 6.45) is 0. The van der Waals surface area contributed by atoms with Gasteiger partial charge in [-0.1, -0.05) is 29.8 Å². The number of benzene rings is 2. The van der Waals surface area contributed by atoms with E-state index in [-0.39, 0.29) is 12.4 Å². The Kier molecular flexibility index (Phi) is 4.82. The van der Waals surface area contributed by atoms with Crippen LogP contribution in [-0.4, -0.2) is 7.11 Å². The molecule has 5 heteroatoms. The highest BCUT2D eigenvalue weighted by Gasteiger charge is 2.11. The van der Waals surface area contributed by atoms with Gasteiger partial charge < -0.3 is 15.2 Å². The van der Waals surface area contributed by atoms with Crippen molar-refractivity contribution in [3.05, 3.63) is 58.4 Å². The fraction of sp³-hybridized carbons (Fsp3) is 0.200. The van der Waals surface area contributed by atoms with E-state index < -0.39 is 0 Å². The standard InChI is InChI=1S/C15H15ClFNO2/c1-19-14-4-2-3-10(8-18)15(14)20-9-11-5-6-12(17)7-13(11)16/h2-7H,8-9,18H2,1H3. The van der Waals surface area contributed by atoms with Gasteiger partial charge in [0.05, 0.1) is 12.1 Å². The summed E-state index contributed by atoms with van der Waals surface area (Å²) >= 11 is 5.97. The molecule has 106 valence electrons. The Hall–Kier alpha value is -1.78. The Labute approximate surface area is 122 Å². The Morgan fingerprint density at radius 2 is 2.00 bits per heavy atom. The van der Waals surface area contributed by atoms with Crippen molar-refractivity contribution < 1.29 is 13.9 Å². The van der Waals surface area contributed by atoms with Crippen molar-refractivity contribution in [1.82, 2.24) is 0 Å². The second kappa shape index (κ2) is 6.59. The molecule has 0 saturated carbocycles. The maximum Gasteiger partial charge on any atom is 0.166 e. The molecule has 0 aromatic heterocycles. The SMILES string of the molecule is COc1cccc(CN)c1OCc1ccc(F)cc1Cl. The van der Waals surface area contributed by atoms with Crippen LogP contribution in [0.15, 0.2) is 36.4 Å². The highest BCUT2D eigenvalue weighted by atomic mass is 35.5. The van der Waals surface area contributed by atoms with Crippen LogP contribution in [0.25, 0.3) is 0 Å². The second-order valence-electron chi connectivity index (χ2n) is 4.18. The molecule has 0 aliphatic heterocycles. The highest BCUT2D eigenvalue weighted by molar-refractivity contribution is 6.31. The van der Waals surface area contributed by atoms with Crippen LogP contribution in [0.2, 0.25) is 5.02 Å². The summed E-state index contributed by atoms with van der Waals surface area (Å²) in [5.41, 5.74) is 7.21. The number of ether oxygens (including phenoxy) is 2. The lowest BCUT2D eigenvalue weighted by molar-refractivity contribution is 0.281. The molecule has 0 aliphatic rings. The van der Waals surface area contributed by atoms with Gasteiger partial charge in [0.1, 0.15) is 12.4 Å². The maximum atomic E-state index is 13.0. The largest absolute Gasteiger partial charge is 0.493 e. The van der Waals surface area contributed by atoms with Gasteiger partial charge in [0.15, 0.2) is 11.5 Å². The Morgan fingerprint density at radius 3 is 2.65 bits per heavy atom. The monoisotopic (exact) mass is 295 g/mol. The molecule has 3 nitrogen and oxygen atoms in total. The van der Waals surface area contributed by atoms with Crippen molar-refractivity contribution in [3.8, 4) is 11.5 Å². The maximum absolute atomic E-state index is 13.0. The molecule has 0 amide bonds. The third-order valence-corrected chi connectivity index (χ3v) is 3.24. The first-order chi connectivity index (χ1) is 9.65. The van der Waals surface area contributed by atoms with Crippen LogP contribution >= 0.6 is 11.6 Å². The van der Waals surface area contributed by atoms with Crippen LogP contribution in [0.5, 0.6) is 11.5 Å². The first kappa shape index (κ1) is 14.6. The number of halogens is 2. The summed E-state index contributed by atoms with van der Waals surface area (Å²) < 4.78 is 24.0. The predicted molar refractivity (Wildman–Crippen MR) is 76.6 cm³/mol. The summed E-state index contributed by atoms with van der Waals surface area (Å²) in [5, 5.41) is 0.328. The highest BCUT2D eigenvalue weighted by Crippen LogP contribution is 2.32.